The third kappa shape index (κ3) is 4.15. The zero-order valence-electron chi connectivity index (χ0n) is 14.5. The van der Waals surface area contributed by atoms with Crippen molar-refractivity contribution in [2.75, 3.05) is 7.11 Å². The predicted molar refractivity (Wildman–Crippen MR) is 92.5 cm³/mol. The van der Waals surface area contributed by atoms with E-state index in [-0.39, 0.29) is 6.61 Å². The molecule has 1 aromatic heterocycles. The minimum absolute atomic E-state index is 0.0371. The topological polar surface area (TPSA) is 74.5 Å². The van der Waals surface area contributed by atoms with Gasteiger partial charge in [0.25, 0.3) is 5.89 Å². The molecule has 0 amide bonds. The molecule has 25 heavy (non-hydrogen) atoms. The number of esters is 1. The molecule has 0 radical (unpaired) electrons. The Balaban J connectivity index is 1.66. The Morgan fingerprint density at radius 3 is 2.68 bits per heavy atom. The molecule has 0 unspecified atom stereocenters. The fourth-order valence-corrected chi connectivity index (χ4v) is 2.49. The molecule has 0 aliphatic rings. The Hall–Kier alpha value is -2.89. The summed E-state index contributed by atoms with van der Waals surface area (Å²) in [5.74, 6) is 1.71. The van der Waals surface area contributed by atoms with Crippen LogP contribution in [0.15, 0.2) is 40.9 Å². The van der Waals surface area contributed by atoms with Crippen LogP contribution in [0, 0.1) is 5.92 Å². The summed E-state index contributed by atoms with van der Waals surface area (Å²) in [7, 11) is 1.62. The number of rotatable bonds is 6. The van der Waals surface area contributed by atoms with Gasteiger partial charge >= 0.3 is 5.97 Å². The SMILES string of the molecule is COc1ccc2cc(C(=O)OCc3nc(CC(C)C)no3)ccc2c1. The Labute approximate surface area is 145 Å². The molecule has 0 atom stereocenters. The highest BCUT2D eigenvalue weighted by Gasteiger charge is 2.13. The number of methoxy groups -OCH3 is 1. The average molecular weight is 340 g/mol. The molecule has 0 fully saturated rings. The lowest BCUT2D eigenvalue weighted by atomic mass is 10.1. The van der Waals surface area contributed by atoms with E-state index in [9.17, 15) is 4.79 Å². The molecule has 0 aliphatic heterocycles. The van der Waals surface area contributed by atoms with Gasteiger partial charge in [-0.25, -0.2) is 4.79 Å². The first-order chi connectivity index (χ1) is 12.0. The lowest BCUT2D eigenvalue weighted by Crippen LogP contribution is -2.05. The monoisotopic (exact) mass is 340 g/mol. The normalized spacial score (nSPS) is 11.0. The first-order valence-corrected chi connectivity index (χ1v) is 8.11. The number of aromatic nitrogens is 2. The highest BCUT2D eigenvalue weighted by atomic mass is 16.6. The number of carbonyl (C=O) groups is 1. The third-order valence-corrected chi connectivity index (χ3v) is 3.71. The first-order valence-electron chi connectivity index (χ1n) is 8.11. The van der Waals surface area contributed by atoms with E-state index in [1.54, 1.807) is 19.2 Å². The molecule has 3 aromatic rings. The average Bonchev–Trinajstić information content (AvgIpc) is 3.05. The molecule has 0 spiro atoms. The number of ether oxygens (including phenoxy) is 2. The Morgan fingerprint density at radius 2 is 1.92 bits per heavy atom. The van der Waals surface area contributed by atoms with E-state index in [0.717, 1.165) is 22.9 Å². The highest BCUT2D eigenvalue weighted by Crippen LogP contribution is 2.22. The summed E-state index contributed by atoms with van der Waals surface area (Å²) in [5, 5.41) is 5.80. The molecular weight excluding hydrogens is 320 g/mol. The van der Waals surface area contributed by atoms with E-state index in [1.807, 2.05) is 24.3 Å². The maximum atomic E-state index is 12.2. The summed E-state index contributed by atoms with van der Waals surface area (Å²) in [5.41, 5.74) is 0.472. The van der Waals surface area contributed by atoms with Gasteiger partial charge in [-0.05, 0) is 41.0 Å². The maximum Gasteiger partial charge on any atom is 0.338 e. The third-order valence-electron chi connectivity index (χ3n) is 3.71. The quantitative estimate of drug-likeness (QED) is 0.636. The van der Waals surface area contributed by atoms with Crippen LogP contribution in [-0.4, -0.2) is 23.2 Å². The zero-order chi connectivity index (χ0) is 17.8. The van der Waals surface area contributed by atoms with Crippen molar-refractivity contribution in [1.29, 1.82) is 0 Å². The second-order valence-electron chi connectivity index (χ2n) is 6.21. The van der Waals surface area contributed by atoms with E-state index < -0.39 is 5.97 Å². The van der Waals surface area contributed by atoms with Crippen LogP contribution in [0.3, 0.4) is 0 Å². The fraction of sp³-hybridized carbons (Fsp3) is 0.316. The molecule has 1 heterocycles. The molecule has 0 saturated heterocycles. The summed E-state index contributed by atoms with van der Waals surface area (Å²) in [6.45, 7) is 4.11. The Morgan fingerprint density at radius 1 is 1.16 bits per heavy atom. The molecule has 6 nitrogen and oxygen atoms in total. The second-order valence-corrected chi connectivity index (χ2v) is 6.21. The molecule has 130 valence electrons. The largest absolute Gasteiger partial charge is 0.497 e. The van der Waals surface area contributed by atoms with Crippen LogP contribution in [0.25, 0.3) is 10.8 Å². The summed E-state index contributed by atoms with van der Waals surface area (Å²) in [6, 6.07) is 11.0. The highest BCUT2D eigenvalue weighted by molar-refractivity contribution is 5.95. The molecule has 0 N–H and O–H groups in total. The van der Waals surface area contributed by atoms with E-state index >= 15 is 0 Å². The number of benzene rings is 2. The molecule has 0 saturated carbocycles. The fourth-order valence-electron chi connectivity index (χ4n) is 2.49. The van der Waals surface area contributed by atoms with Gasteiger partial charge in [0.2, 0.25) is 0 Å². The maximum absolute atomic E-state index is 12.2. The molecule has 3 rings (SSSR count). The number of hydrogen-bond acceptors (Lipinski definition) is 6. The van der Waals surface area contributed by atoms with Crippen molar-refractivity contribution in [1.82, 2.24) is 10.1 Å². The zero-order valence-corrected chi connectivity index (χ0v) is 14.5. The molecule has 0 bridgehead atoms. The van der Waals surface area contributed by atoms with Crippen molar-refractivity contribution in [3.05, 3.63) is 53.7 Å². The van der Waals surface area contributed by atoms with Gasteiger partial charge in [-0.2, -0.15) is 4.98 Å². The van der Waals surface area contributed by atoms with Crippen LogP contribution in [0.4, 0.5) is 0 Å². The lowest BCUT2D eigenvalue weighted by Gasteiger charge is -2.05. The van der Waals surface area contributed by atoms with Crippen LogP contribution in [0.5, 0.6) is 5.75 Å². The number of fused-ring (bicyclic) bond motifs is 1. The number of hydrogen-bond donors (Lipinski definition) is 0. The van der Waals surface area contributed by atoms with Crippen molar-refractivity contribution < 1.29 is 18.8 Å². The van der Waals surface area contributed by atoms with Gasteiger partial charge in [-0.15, -0.1) is 0 Å². The van der Waals surface area contributed by atoms with Gasteiger partial charge < -0.3 is 14.0 Å². The summed E-state index contributed by atoms with van der Waals surface area (Å²) in [4.78, 5) is 16.4. The van der Waals surface area contributed by atoms with Crippen molar-refractivity contribution in [2.24, 2.45) is 5.92 Å². The second kappa shape index (κ2) is 7.34. The van der Waals surface area contributed by atoms with Crippen LogP contribution < -0.4 is 4.74 Å². The minimum atomic E-state index is -0.429. The van der Waals surface area contributed by atoms with Crippen LogP contribution in [-0.2, 0) is 17.8 Å². The van der Waals surface area contributed by atoms with Crippen LogP contribution in [0.1, 0.15) is 35.9 Å². The van der Waals surface area contributed by atoms with Gasteiger partial charge in [0, 0.05) is 6.42 Å². The van der Waals surface area contributed by atoms with E-state index in [1.165, 1.54) is 0 Å². The Kier molecular flexibility index (Phi) is 4.97. The van der Waals surface area contributed by atoms with Crippen molar-refractivity contribution >= 4 is 16.7 Å². The summed E-state index contributed by atoms with van der Waals surface area (Å²) >= 11 is 0. The molecule has 2 aromatic carbocycles. The Bertz CT molecular complexity index is 886. The van der Waals surface area contributed by atoms with E-state index in [2.05, 4.69) is 24.0 Å². The van der Waals surface area contributed by atoms with Gasteiger partial charge in [0.15, 0.2) is 12.4 Å². The van der Waals surface area contributed by atoms with Crippen molar-refractivity contribution in [3.63, 3.8) is 0 Å². The number of carbonyl (C=O) groups excluding carboxylic acids is 1. The van der Waals surface area contributed by atoms with Gasteiger partial charge in [-0.1, -0.05) is 31.1 Å². The summed E-state index contributed by atoms with van der Waals surface area (Å²) in [6.07, 6.45) is 0.728. The van der Waals surface area contributed by atoms with Gasteiger partial charge in [0.1, 0.15) is 5.75 Å². The molecule has 0 aliphatic carbocycles. The number of nitrogens with zero attached hydrogens (tertiary/aromatic N) is 2. The lowest BCUT2D eigenvalue weighted by molar-refractivity contribution is 0.0430. The molecule has 6 heteroatoms. The standard InChI is InChI=1S/C19H20N2O4/c1-12(2)8-17-20-18(25-21-17)11-24-19(22)15-5-4-14-10-16(23-3)7-6-13(14)9-15/h4-7,9-10,12H,8,11H2,1-3H3. The minimum Gasteiger partial charge on any atom is -0.497 e. The summed E-state index contributed by atoms with van der Waals surface area (Å²) < 4.78 is 15.6. The smallest absolute Gasteiger partial charge is 0.338 e. The first kappa shape index (κ1) is 17.0. The van der Waals surface area contributed by atoms with Crippen molar-refractivity contribution in [2.45, 2.75) is 26.9 Å². The van der Waals surface area contributed by atoms with Gasteiger partial charge in [-0.3, -0.25) is 0 Å². The van der Waals surface area contributed by atoms with Crippen LogP contribution >= 0.6 is 0 Å². The van der Waals surface area contributed by atoms with E-state index in [4.69, 9.17) is 14.0 Å². The predicted octanol–water partition coefficient (Wildman–Crippen LogP) is 3.79. The van der Waals surface area contributed by atoms with E-state index in [0.29, 0.717) is 23.2 Å². The molecular formula is C19H20N2O4. The van der Waals surface area contributed by atoms with Gasteiger partial charge in [0.05, 0.1) is 12.7 Å². The van der Waals surface area contributed by atoms with Crippen LogP contribution in [0.2, 0.25) is 0 Å². The van der Waals surface area contributed by atoms with Crippen molar-refractivity contribution in [3.8, 4) is 5.75 Å².